The van der Waals surface area contributed by atoms with Crippen LogP contribution in [0.3, 0.4) is 0 Å². The Bertz CT molecular complexity index is 2690. The van der Waals surface area contributed by atoms with E-state index in [-0.39, 0.29) is 31.9 Å². The molecule has 0 bridgehead atoms. The Kier molecular flexibility index (Phi) is 7.30. The van der Waals surface area contributed by atoms with Crippen LogP contribution in [0.1, 0.15) is 52.7 Å². The molecule has 0 saturated carbocycles. The molecule has 0 fully saturated rings. The average molecular weight is 839 g/mol. The number of nitrogens with zero attached hydrogens (tertiary/aromatic N) is 3. The third-order valence-electron chi connectivity index (χ3n) is 9.28. The zero-order valence-electron chi connectivity index (χ0n) is 28.0. The molecule has 49 heavy (non-hydrogen) atoms. The van der Waals surface area contributed by atoms with Crippen molar-refractivity contribution in [2.24, 2.45) is 0 Å². The Balaban J connectivity index is 0.00000348. The van der Waals surface area contributed by atoms with Crippen molar-refractivity contribution < 1.29 is 30.2 Å². The van der Waals surface area contributed by atoms with Gasteiger partial charge in [-0.1, -0.05) is 89.0 Å². The van der Waals surface area contributed by atoms with Crippen molar-refractivity contribution in [3.05, 3.63) is 115 Å². The number of pyridine rings is 2. The largest absolute Gasteiger partial charge is 2.00 e. The van der Waals surface area contributed by atoms with Gasteiger partial charge in [-0.2, -0.15) is 17.4 Å². The Labute approximate surface area is 303 Å². The van der Waals surface area contributed by atoms with Crippen LogP contribution in [0.5, 0.6) is 11.5 Å². The van der Waals surface area contributed by atoms with Gasteiger partial charge in [-0.25, -0.2) is 4.98 Å². The summed E-state index contributed by atoms with van der Waals surface area (Å²) in [6.07, 6.45) is 3.77. The predicted octanol–water partition coefficient (Wildman–Crippen LogP) is 11.8. The Morgan fingerprint density at radius 2 is 1.51 bits per heavy atom. The second-order valence-electron chi connectivity index (χ2n) is 14.6. The molecular weight excluding hydrogens is 806 g/mol. The van der Waals surface area contributed by atoms with E-state index in [9.17, 15) is 0 Å². The van der Waals surface area contributed by atoms with Gasteiger partial charge in [-0.15, -0.1) is 17.5 Å². The second kappa shape index (κ2) is 11.3. The summed E-state index contributed by atoms with van der Waals surface area (Å²) >= 11 is 1.70. The number of benzene rings is 4. The van der Waals surface area contributed by atoms with E-state index < -0.39 is 0 Å². The van der Waals surface area contributed by atoms with E-state index in [1.807, 2.05) is 30.6 Å². The first-order chi connectivity index (χ1) is 23.0. The number of hydrogen-bond acceptors (Lipinski definition) is 5. The second-order valence-corrected chi connectivity index (χ2v) is 15.6. The van der Waals surface area contributed by atoms with Crippen LogP contribution in [0.15, 0.2) is 95.7 Å². The normalized spacial score (nSPS) is 12.5. The number of thiophene rings is 1. The summed E-state index contributed by atoms with van der Waals surface area (Å²) in [6.45, 7) is 13.3. The summed E-state index contributed by atoms with van der Waals surface area (Å²) in [5.41, 5.74) is 7.58. The van der Waals surface area contributed by atoms with Gasteiger partial charge in [0.1, 0.15) is 11.4 Å². The summed E-state index contributed by atoms with van der Waals surface area (Å²) < 4.78 is 17.7. The van der Waals surface area contributed by atoms with Gasteiger partial charge < -0.3 is 18.7 Å². The van der Waals surface area contributed by atoms with Gasteiger partial charge in [0.15, 0.2) is 0 Å². The fraction of sp³-hybridized carbons (Fsp3) is 0.190. The van der Waals surface area contributed by atoms with Crippen molar-refractivity contribution in [2.45, 2.75) is 52.4 Å². The number of para-hydroxylation sites is 1. The van der Waals surface area contributed by atoms with Gasteiger partial charge in [-0.05, 0) is 79.5 Å². The van der Waals surface area contributed by atoms with Crippen LogP contribution < -0.4 is 4.74 Å². The van der Waals surface area contributed by atoms with E-state index in [2.05, 4.69) is 119 Å². The molecule has 4 aromatic carbocycles. The maximum absolute atomic E-state index is 6.81. The van der Waals surface area contributed by atoms with Crippen LogP contribution in [-0.2, 0) is 31.9 Å². The van der Waals surface area contributed by atoms with Crippen molar-refractivity contribution >= 4 is 64.5 Å². The molecule has 7 heteroatoms. The van der Waals surface area contributed by atoms with Crippen molar-refractivity contribution in [3.8, 4) is 28.6 Å². The molecule has 0 amide bonds. The minimum Gasteiger partial charge on any atom is -0.501 e. The molecule has 0 aliphatic carbocycles. The molecule has 0 N–H and O–H groups in total. The number of aromatic nitrogens is 3. The van der Waals surface area contributed by atoms with Crippen LogP contribution in [0.2, 0.25) is 0 Å². The first kappa shape index (κ1) is 31.7. The van der Waals surface area contributed by atoms with Gasteiger partial charge in [0.25, 0.3) is 0 Å². The average Bonchev–Trinajstić information content (AvgIpc) is 3.75. The molecule has 0 atom stereocenters. The molecule has 5 nitrogen and oxygen atoms in total. The number of ether oxygens (including phenoxy) is 1. The number of furan rings is 1. The predicted molar refractivity (Wildman–Crippen MR) is 197 cm³/mol. The van der Waals surface area contributed by atoms with Gasteiger partial charge in [-0.3, -0.25) is 0 Å². The maximum Gasteiger partial charge on any atom is 2.00 e. The summed E-state index contributed by atoms with van der Waals surface area (Å²) in [7, 11) is 0. The Morgan fingerprint density at radius 3 is 2.31 bits per heavy atom. The van der Waals surface area contributed by atoms with E-state index in [0.717, 1.165) is 70.2 Å². The molecule has 9 rings (SSSR count). The topological polar surface area (TPSA) is 53.1 Å². The van der Waals surface area contributed by atoms with Crippen molar-refractivity contribution in [1.82, 2.24) is 14.5 Å². The van der Waals surface area contributed by atoms with Gasteiger partial charge >= 0.3 is 21.1 Å². The SMILES string of the molecule is CC(C)(C)c1ccnc(-c2[c-]c(Oc3[c-]c4c(cc3)c3ccccc3n4-c3cc(C(C)(C)C)ccn3)c3sc4cccc5oc2c3c54)c1.[Pt+2]. The fourth-order valence-corrected chi connectivity index (χ4v) is 7.87. The molecule has 0 aliphatic rings. The zero-order valence-corrected chi connectivity index (χ0v) is 31.1. The first-order valence-corrected chi connectivity index (χ1v) is 17.1. The quantitative estimate of drug-likeness (QED) is 0.166. The Hall–Kier alpha value is -4.51. The maximum atomic E-state index is 6.81. The minimum atomic E-state index is -0.0367. The van der Waals surface area contributed by atoms with Crippen LogP contribution in [-0.4, -0.2) is 14.5 Å². The molecule has 5 heterocycles. The van der Waals surface area contributed by atoms with Crippen molar-refractivity contribution in [2.75, 3.05) is 0 Å². The van der Waals surface area contributed by atoms with Crippen molar-refractivity contribution in [1.29, 1.82) is 0 Å². The zero-order chi connectivity index (χ0) is 32.9. The van der Waals surface area contributed by atoms with E-state index in [1.54, 1.807) is 11.3 Å². The molecular formula is C42H33N3O2PtS. The monoisotopic (exact) mass is 838 g/mol. The summed E-state index contributed by atoms with van der Waals surface area (Å²) in [5, 5.41) is 4.40. The van der Waals surface area contributed by atoms with Crippen LogP contribution in [0.25, 0.3) is 70.2 Å². The van der Waals surface area contributed by atoms with Gasteiger partial charge in [0.05, 0.1) is 11.3 Å². The molecule has 9 aromatic rings. The summed E-state index contributed by atoms with van der Waals surface area (Å²) in [4.78, 5) is 9.64. The third-order valence-corrected chi connectivity index (χ3v) is 10.4. The standard InChI is InChI=1S/C42H33N3O2S.Pt/c1-41(2,3)24-16-18-43-30(20-24)29-23-34(40-38-37-33(47-39(29)38)12-9-13-35(37)48-40)46-26-14-15-28-27-10-7-8-11-31(27)45(32(28)22-26)36-21-25(17-19-44-36)42(4,5)6;/h7-21H,1-6H3;/q-2;+2. The molecule has 0 radical (unpaired) electrons. The van der Waals surface area contributed by atoms with Crippen LogP contribution >= 0.6 is 11.3 Å². The molecule has 244 valence electrons. The molecule has 5 aromatic heterocycles. The smallest absolute Gasteiger partial charge is 0.501 e. The van der Waals surface area contributed by atoms with Gasteiger partial charge in [0.2, 0.25) is 0 Å². The van der Waals surface area contributed by atoms with E-state index >= 15 is 0 Å². The molecule has 0 spiro atoms. The number of rotatable bonds is 4. The van der Waals surface area contributed by atoms with Gasteiger partial charge in [0, 0.05) is 33.7 Å². The van der Waals surface area contributed by atoms with E-state index in [4.69, 9.17) is 19.1 Å². The molecule has 0 saturated heterocycles. The fourth-order valence-electron chi connectivity index (χ4n) is 6.72. The van der Waals surface area contributed by atoms with Crippen LogP contribution in [0.4, 0.5) is 0 Å². The Morgan fingerprint density at radius 1 is 0.755 bits per heavy atom. The summed E-state index contributed by atoms with van der Waals surface area (Å²) in [6, 6.07) is 34.5. The van der Waals surface area contributed by atoms with Crippen LogP contribution in [0, 0.1) is 12.1 Å². The van der Waals surface area contributed by atoms with E-state index in [0.29, 0.717) is 11.5 Å². The first-order valence-electron chi connectivity index (χ1n) is 16.2. The minimum absolute atomic E-state index is 0. The van der Waals surface area contributed by atoms with Crippen molar-refractivity contribution in [3.63, 3.8) is 0 Å². The summed E-state index contributed by atoms with van der Waals surface area (Å²) in [5.74, 6) is 2.09. The number of fused-ring (bicyclic) bond motifs is 3. The number of hydrogen-bond donors (Lipinski definition) is 0. The molecule has 0 unspecified atom stereocenters. The molecule has 0 aliphatic heterocycles. The van der Waals surface area contributed by atoms with E-state index in [1.165, 1.54) is 11.1 Å². The third kappa shape index (κ3) is 5.07.